The lowest BCUT2D eigenvalue weighted by molar-refractivity contribution is 0.0304. The minimum atomic E-state index is 0.0368. The Morgan fingerprint density at radius 1 is 1.08 bits per heavy atom. The molecule has 0 spiro atoms. The van der Waals surface area contributed by atoms with E-state index in [0.717, 1.165) is 22.2 Å². The van der Waals surface area contributed by atoms with Gasteiger partial charge in [0.1, 0.15) is 12.4 Å². The number of benzene rings is 2. The first-order chi connectivity index (χ1) is 12.3. The lowest BCUT2D eigenvalue weighted by Gasteiger charge is -2.26. The fourth-order valence-electron chi connectivity index (χ4n) is 3.10. The molecular weight excluding hydrogens is 316 g/mol. The van der Waals surface area contributed by atoms with E-state index in [1.54, 1.807) is 6.20 Å². The van der Waals surface area contributed by atoms with Gasteiger partial charge in [0, 0.05) is 24.7 Å². The maximum absolute atomic E-state index is 12.8. The normalized spacial score (nSPS) is 14.6. The molecule has 1 saturated heterocycles. The molecule has 4 rings (SSSR count). The van der Waals surface area contributed by atoms with Gasteiger partial charge in [0.25, 0.3) is 5.91 Å². The van der Waals surface area contributed by atoms with Crippen molar-refractivity contribution in [2.75, 3.05) is 26.3 Å². The number of rotatable bonds is 4. The predicted molar refractivity (Wildman–Crippen MR) is 95.8 cm³/mol. The molecule has 2 heterocycles. The van der Waals surface area contributed by atoms with Gasteiger partial charge in [0.05, 0.1) is 24.3 Å². The first-order valence-corrected chi connectivity index (χ1v) is 8.47. The Balaban J connectivity index is 1.58. The number of fused-ring (bicyclic) bond motifs is 1. The van der Waals surface area contributed by atoms with Crippen LogP contribution in [-0.2, 0) is 11.3 Å². The Bertz CT molecular complexity index is 867. The average molecular weight is 336 g/mol. The summed E-state index contributed by atoms with van der Waals surface area (Å²) < 4.78 is 11.3. The Morgan fingerprint density at radius 2 is 1.88 bits per heavy atom. The molecule has 1 amide bonds. The van der Waals surface area contributed by atoms with Crippen molar-refractivity contribution in [3.8, 4) is 5.75 Å². The highest BCUT2D eigenvalue weighted by Crippen LogP contribution is 2.28. The van der Waals surface area contributed by atoms with Crippen LogP contribution in [0.4, 0.5) is 0 Å². The first-order valence-electron chi connectivity index (χ1n) is 8.47. The van der Waals surface area contributed by atoms with Gasteiger partial charge < -0.3 is 19.4 Å². The summed E-state index contributed by atoms with van der Waals surface area (Å²) in [6.07, 6.45) is 1.78. The molecule has 1 aliphatic heterocycles. The third-order valence-electron chi connectivity index (χ3n) is 4.44. The van der Waals surface area contributed by atoms with E-state index in [0.29, 0.717) is 38.5 Å². The first kappa shape index (κ1) is 15.7. The smallest absolute Gasteiger partial charge is 0.256 e. The van der Waals surface area contributed by atoms with E-state index in [1.165, 1.54) is 0 Å². The molecule has 0 radical (unpaired) electrons. The van der Waals surface area contributed by atoms with E-state index in [1.807, 2.05) is 53.4 Å². The van der Waals surface area contributed by atoms with Crippen LogP contribution in [0.3, 0.4) is 0 Å². The van der Waals surface area contributed by atoms with E-state index in [9.17, 15) is 4.79 Å². The van der Waals surface area contributed by atoms with Crippen LogP contribution in [-0.4, -0.2) is 42.1 Å². The SMILES string of the molecule is O=C(c1c[nH]c2c(OCc3ccccc3)cccc12)N1CCOCC1. The second kappa shape index (κ2) is 6.99. The quantitative estimate of drug-likeness (QED) is 0.796. The van der Waals surface area contributed by atoms with Crippen LogP contribution in [0, 0.1) is 0 Å². The second-order valence-corrected chi connectivity index (χ2v) is 6.06. The van der Waals surface area contributed by atoms with Crippen molar-refractivity contribution in [2.45, 2.75) is 6.61 Å². The molecule has 128 valence electrons. The van der Waals surface area contributed by atoms with E-state index < -0.39 is 0 Å². The van der Waals surface area contributed by atoms with Crippen LogP contribution in [0.5, 0.6) is 5.75 Å². The van der Waals surface area contributed by atoms with Gasteiger partial charge in [-0.1, -0.05) is 42.5 Å². The van der Waals surface area contributed by atoms with Crippen LogP contribution in [0.25, 0.3) is 10.9 Å². The molecule has 2 aromatic carbocycles. The highest BCUT2D eigenvalue weighted by molar-refractivity contribution is 6.08. The number of nitrogens with zero attached hydrogens (tertiary/aromatic N) is 1. The molecule has 0 atom stereocenters. The Hall–Kier alpha value is -2.79. The molecule has 5 nitrogen and oxygen atoms in total. The van der Waals surface area contributed by atoms with Crippen LogP contribution in [0.1, 0.15) is 15.9 Å². The predicted octanol–water partition coefficient (Wildman–Crippen LogP) is 3.22. The number of hydrogen-bond acceptors (Lipinski definition) is 3. The van der Waals surface area contributed by atoms with Gasteiger partial charge in [0.2, 0.25) is 0 Å². The highest BCUT2D eigenvalue weighted by atomic mass is 16.5. The number of carbonyl (C=O) groups is 1. The zero-order chi connectivity index (χ0) is 17.1. The van der Waals surface area contributed by atoms with Crippen LogP contribution >= 0.6 is 0 Å². The molecule has 0 unspecified atom stereocenters. The summed E-state index contributed by atoms with van der Waals surface area (Å²) in [6, 6.07) is 15.8. The number of morpholine rings is 1. The van der Waals surface area contributed by atoms with Crippen molar-refractivity contribution in [2.24, 2.45) is 0 Å². The molecule has 5 heteroatoms. The number of nitrogens with one attached hydrogen (secondary N) is 1. The largest absolute Gasteiger partial charge is 0.487 e. The third kappa shape index (κ3) is 3.23. The van der Waals surface area contributed by atoms with Crippen molar-refractivity contribution in [3.63, 3.8) is 0 Å². The third-order valence-corrected chi connectivity index (χ3v) is 4.44. The lowest BCUT2D eigenvalue weighted by atomic mass is 10.1. The molecule has 25 heavy (non-hydrogen) atoms. The van der Waals surface area contributed by atoms with Crippen LogP contribution in [0.15, 0.2) is 54.7 Å². The number of para-hydroxylation sites is 1. The van der Waals surface area contributed by atoms with E-state index >= 15 is 0 Å². The molecule has 1 fully saturated rings. The second-order valence-electron chi connectivity index (χ2n) is 6.06. The van der Waals surface area contributed by atoms with Crippen molar-refractivity contribution >= 4 is 16.8 Å². The van der Waals surface area contributed by atoms with Crippen molar-refractivity contribution in [1.29, 1.82) is 0 Å². The van der Waals surface area contributed by atoms with Gasteiger partial charge in [-0.2, -0.15) is 0 Å². The van der Waals surface area contributed by atoms with Gasteiger partial charge >= 0.3 is 0 Å². The fourth-order valence-corrected chi connectivity index (χ4v) is 3.10. The zero-order valence-corrected chi connectivity index (χ0v) is 13.9. The molecule has 0 saturated carbocycles. The number of aromatic amines is 1. The summed E-state index contributed by atoms with van der Waals surface area (Å²) in [5.74, 6) is 0.789. The Labute approximate surface area is 146 Å². The maximum atomic E-state index is 12.8. The monoisotopic (exact) mass is 336 g/mol. The molecule has 1 aromatic heterocycles. The topological polar surface area (TPSA) is 54.6 Å². The van der Waals surface area contributed by atoms with E-state index in [-0.39, 0.29) is 5.91 Å². The van der Waals surface area contributed by atoms with E-state index in [4.69, 9.17) is 9.47 Å². The summed E-state index contributed by atoms with van der Waals surface area (Å²) in [5.41, 5.74) is 2.65. The molecule has 1 aliphatic rings. The molecule has 1 N–H and O–H groups in total. The highest BCUT2D eigenvalue weighted by Gasteiger charge is 2.22. The number of aromatic nitrogens is 1. The molecule has 3 aromatic rings. The average Bonchev–Trinajstić information content (AvgIpc) is 3.12. The Morgan fingerprint density at radius 3 is 2.68 bits per heavy atom. The minimum Gasteiger partial charge on any atom is -0.487 e. The molecular formula is C20H20N2O3. The lowest BCUT2D eigenvalue weighted by Crippen LogP contribution is -2.40. The zero-order valence-electron chi connectivity index (χ0n) is 13.9. The van der Waals surface area contributed by atoms with Crippen molar-refractivity contribution in [3.05, 3.63) is 65.9 Å². The van der Waals surface area contributed by atoms with Crippen molar-refractivity contribution < 1.29 is 14.3 Å². The van der Waals surface area contributed by atoms with E-state index in [2.05, 4.69) is 4.98 Å². The standard InChI is InChI=1S/C20H20N2O3/c23-20(22-9-11-24-12-10-22)17-13-21-19-16(17)7-4-8-18(19)25-14-15-5-2-1-3-6-15/h1-8,13,21H,9-12,14H2. The van der Waals surface area contributed by atoms with Crippen molar-refractivity contribution in [1.82, 2.24) is 9.88 Å². The van der Waals surface area contributed by atoms with Gasteiger partial charge in [0.15, 0.2) is 0 Å². The van der Waals surface area contributed by atoms with Gasteiger partial charge in [-0.15, -0.1) is 0 Å². The summed E-state index contributed by atoms with van der Waals surface area (Å²) in [4.78, 5) is 17.8. The number of H-pyrrole nitrogens is 1. The summed E-state index contributed by atoms with van der Waals surface area (Å²) in [7, 11) is 0. The maximum Gasteiger partial charge on any atom is 0.256 e. The Kier molecular flexibility index (Phi) is 4.39. The number of hydrogen-bond donors (Lipinski definition) is 1. The van der Waals surface area contributed by atoms with Crippen LogP contribution in [0.2, 0.25) is 0 Å². The minimum absolute atomic E-state index is 0.0368. The summed E-state index contributed by atoms with van der Waals surface area (Å²) in [5, 5.41) is 0.891. The number of ether oxygens (including phenoxy) is 2. The number of amides is 1. The van der Waals surface area contributed by atoms with Gasteiger partial charge in [-0.05, 0) is 11.6 Å². The summed E-state index contributed by atoms with van der Waals surface area (Å²) in [6.45, 7) is 2.95. The van der Waals surface area contributed by atoms with Gasteiger partial charge in [-0.3, -0.25) is 4.79 Å². The van der Waals surface area contributed by atoms with Gasteiger partial charge in [-0.25, -0.2) is 0 Å². The summed E-state index contributed by atoms with van der Waals surface area (Å²) >= 11 is 0. The molecule has 0 bridgehead atoms. The number of carbonyl (C=O) groups excluding carboxylic acids is 1. The van der Waals surface area contributed by atoms with Crippen LogP contribution < -0.4 is 4.74 Å². The fraction of sp³-hybridized carbons (Fsp3) is 0.250. The molecule has 0 aliphatic carbocycles.